The van der Waals surface area contributed by atoms with Crippen molar-refractivity contribution in [1.29, 1.82) is 0 Å². The van der Waals surface area contributed by atoms with Crippen molar-refractivity contribution in [3.8, 4) is 0 Å². The average molecular weight is 448 g/mol. The summed E-state index contributed by atoms with van der Waals surface area (Å²) in [5.41, 5.74) is 5.00. The van der Waals surface area contributed by atoms with Crippen molar-refractivity contribution in [2.24, 2.45) is 11.0 Å². The summed E-state index contributed by atoms with van der Waals surface area (Å²) < 4.78 is 1.90. The smallest absolute Gasteiger partial charge is 0.272 e. The van der Waals surface area contributed by atoms with E-state index in [0.29, 0.717) is 16.6 Å². The van der Waals surface area contributed by atoms with E-state index in [1.807, 2.05) is 54.1 Å². The zero-order valence-corrected chi connectivity index (χ0v) is 19.1. The second-order valence-corrected chi connectivity index (χ2v) is 8.86. The van der Waals surface area contributed by atoms with Gasteiger partial charge in [0, 0.05) is 30.0 Å². The fraction of sp³-hybridized carbons (Fsp3) is 0.320. The number of carbonyl (C=O) groups excluding carboxylic acids is 1. The Balaban J connectivity index is 1.45. The monoisotopic (exact) mass is 447 g/mol. The first-order valence-electron chi connectivity index (χ1n) is 11.1. The molecular formula is C25H26ClN5O. The van der Waals surface area contributed by atoms with Crippen LogP contribution in [0.1, 0.15) is 31.0 Å². The van der Waals surface area contributed by atoms with Gasteiger partial charge in [0.1, 0.15) is 0 Å². The van der Waals surface area contributed by atoms with Crippen molar-refractivity contribution in [3.63, 3.8) is 0 Å². The van der Waals surface area contributed by atoms with E-state index in [9.17, 15) is 4.79 Å². The normalized spacial score (nSPS) is 22.7. The number of pyridine rings is 1. The van der Waals surface area contributed by atoms with Crippen LogP contribution in [0.5, 0.6) is 0 Å². The Bertz CT molecular complexity index is 1220. The molecule has 0 atom stereocenters. The van der Waals surface area contributed by atoms with E-state index in [2.05, 4.69) is 22.9 Å². The Hall–Kier alpha value is -2.96. The number of amides is 1. The molecule has 1 saturated heterocycles. The number of aryl methyl sites for hydroxylation is 1. The highest BCUT2D eigenvalue weighted by molar-refractivity contribution is 6.33. The highest BCUT2D eigenvalue weighted by Crippen LogP contribution is 2.28. The number of piperidine rings is 1. The molecule has 0 spiro atoms. The van der Waals surface area contributed by atoms with Crippen molar-refractivity contribution >= 4 is 34.4 Å². The minimum atomic E-state index is -0.165. The number of aromatic nitrogens is 2. The molecule has 164 valence electrons. The Morgan fingerprint density at radius 3 is 2.75 bits per heavy atom. The number of nitrogens with zero attached hydrogens (tertiary/aromatic N) is 5. The molecule has 0 aliphatic carbocycles. The number of carbonyl (C=O) groups is 1. The zero-order valence-electron chi connectivity index (χ0n) is 18.3. The predicted octanol–water partition coefficient (Wildman–Crippen LogP) is 4.62. The Labute approximate surface area is 192 Å². The summed E-state index contributed by atoms with van der Waals surface area (Å²) in [6, 6.07) is 1.85. The standard InChI is InChI=1S/C25H26ClN5O/c1-3-29-11-9-18(10-12-29)23-8-7-21-6-4-5-19(14-24(32)31(21)28-23)20-13-22(26)25-27-17(2)15-30(25)16-20/h4-8,13-16,18H,3,9-12H2,1-2H3/b5-4+,19-14+,21-6?. The van der Waals surface area contributed by atoms with Gasteiger partial charge in [-0.3, -0.25) is 4.79 Å². The third-order valence-corrected chi connectivity index (χ3v) is 6.61. The quantitative estimate of drug-likeness (QED) is 0.689. The van der Waals surface area contributed by atoms with Crippen molar-refractivity contribution in [2.75, 3.05) is 19.6 Å². The topological polar surface area (TPSA) is 53.2 Å². The van der Waals surface area contributed by atoms with Crippen LogP contribution < -0.4 is 0 Å². The van der Waals surface area contributed by atoms with Gasteiger partial charge in [0.2, 0.25) is 0 Å². The number of allylic oxidation sites excluding steroid dienone is 6. The summed E-state index contributed by atoms with van der Waals surface area (Å²) in [7, 11) is 0. The minimum Gasteiger partial charge on any atom is -0.305 e. The van der Waals surface area contributed by atoms with Gasteiger partial charge in [0.05, 0.1) is 22.1 Å². The first-order chi connectivity index (χ1) is 15.5. The fourth-order valence-electron chi connectivity index (χ4n) is 4.52. The molecule has 0 N–H and O–H groups in total. The van der Waals surface area contributed by atoms with E-state index in [1.54, 1.807) is 6.08 Å². The van der Waals surface area contributed by atoms with Gasteiger partial charge >= 0.3 is 0 Å². The number of imidazole rings is 1. The van der Waals surface area contributed by atoms with E-state index >= 15 is 0 Å². The highest BCUT2D eigenvalue weighted by atomic mass is 35.5. The van der Waals surface area contributed by atoms with Crippen molar-refractivity contribution in [2.45, 2.75) is 26.7 Å². The third kappa shape index (κ3) is 3.96. The summed E-state index contributed by atoms with van der Waals surface area (Å²) in [5, 5.41) is 6.84. The highest BCUT2D eigenvalue weighted by Gasteiger charge is 2.26. The molecule has 0 unspecified atom stereocenters. The largest absolute Gasteiger partial charge is 0.305 e. The van der Waals surface area contributed by atoms with Gasteiger partial charge in [-0.1, -0.05) is 30.7 Å². The zero-order chi connectivity index (χ0) is 22.2. The number of hydrazone groups is 1. The lowest BCUT2D eigenvalue weighted by atomic mass is 9.91. The lowest BCUT2D eigenvalue weighted by Crippen LogP contribution is -2.37. The first-order valence-corrected chi connectivity index (χ1v) is 11.5. The van der Waals surface area contributed by atoms with Crippen molar-refractivity contribution < 1.29 is 4.79 Å². The van der Waals surface area contributed by atoms with Crippen LogP contribution in [0.4, 0.5) is 0 Å². The molecule has 5 rings (SSSR count). The molecule has 2 aromatic heterocycles. The van der Waals surface area contributed by atoms with Crippen LogP contribution in [0.3, 0.4) is 0 Å². The van der Waals surface area contributed by atoms with Crippen LogP contribution in [0.25, 0.3) is 11.2 Å². The summed E-state index contributed by atoms with van der Waals surface area (Å²) in [4.78, 5) is 20.1. The molecule has 7 heteroatoms. The van der Waals surface area contributed by atoms with Crippen LogP contribution in [0.2, 0.25) is 5.02 Å². The number of rotatable bonds is 3. The Morgan fingerprint density at radius 1 is 1.16 bits per heavy atom. The molecule has 3 aliphatic heterocycles. The molecule has 0 aromatic carbocycles. The fourth-order valence-corrected chi connectivity index (χ4v) is 4.78. The number of halogens is 1. The van der Waals surface area contributed by atoms with Crippen LogP contribution in [-0.4, -0.2) is 50.5 Å². The maximum atomic E-state index is 13.2. The molecule has 0 radical (unpaired) electrons. The van der Waals surface area contributed by atoms with E-state index in [1.165, 1.54) is 5.01 Å². The van der Waals surface area contributed by atoms with Crippen LogP contribution in [0.15, 0.2) is 65.7 Å². The summed E-state index contributed by atoms with van der Waals surface area (Å²) in [6.07, 6.45) is 17.5. The Morgan fingerprint density at radius 2 is 1.97 bits per heavy atom. The van der Waals surface area contributed by atoms with Gasteiger partial charge in [0.15, 0.2) is 5.65 Å². The van der Waals surface area contributed by atoms with E-state index in [-0.39, 0.29) is 5.91 Å². The lowest BCUT2D eigenvalue weighted by Gasteiger charge is -2.32. The molecule has 5 heterocycles. The van der Waals surface area contributed by atoms with Gasteiger partial charge in [-0.15, -0.1) is 0 Å². The van der Waals surface area contributed by atoms with E-state index in [0.717, 1.165) is 60.7 Å². The van der Waals surface area contributed by atoms with Crippen LogP contribution in [-0.2, 0) is 4.79 Å². The summed E-state index contributed by atoms with van der Waals surface area (Å²) in [5.74, 6) is 0.222. The van der Waals surface area contributed by atoms with Gasteiger partial charge in [-0.2, -0.15) is 10.1 Å². The molecule has 1 fully saturated rings. The van der Waals surface area contributed by atoms with Gasteiger partial charge in [-0.05, 0) is 69.3 Å². The van der Waals surface area contributed by atoms with Crippen LogP contribution in [0, 0.1) is 12.8 Å². The number of hydrogen-bond donors (Lipinski definition) is 0. The summed E-state index contributed by atoms with van der Waals surface area (Å²) >= 11 is 6.46. The molecule has 6 nitrogen and oxygen atoms in total. The molecule has 2 aromatic rings. The van der Waals surface area contributed by atoms with Gasteiger partial charge in [-0.25, -0.2) is 4.98 Å². The molecular weight excluding hydrogens is 422 g/mol. The average Bonchev–Trinajstić information content (AvgIpc) is 3.18. The lowest BCUT2D eigenvalue weighted by molar-refractivity contribution is -0.124. The minimum absolute atomic E-state index is 0.165. The molecule has 32 heavy (non-hydrogen) atoms. The first kappa shape index (κ1) is 20.9. The van der Waals surface area contributed by atoms with Crippen molar-refractivity contribution in [1.82, 2.24) is 19.3 Å². The number of likely N-dealkylation sites (tertiary alicyclic amines) is 1. The van der Waals surface area contributed by atoms with Crippen LogP contribution >= 0.6 is 11.6 Å². The summed E-state index contributed by atoms with van der Waals surface area (Å²) in [6.45, 7) is 7.37. The SMILES string of the molecule is CCN1CCC(C2=NN3C(=O)/C=C(c4cc(Cl)c5nc(C)cn5c4)\C=C\C=C3C=C2)CC1. The number of fused-ring (bicyclic) bond motifs is 2. The van der Waals surface area contributed by atoms with Crippen molar-refractivity contribution in [3.05, 3.63) is 76.9 Å². The third-order valence-electron chi connectivity index (χ3n) is 6.33. The number of hydrogen-bond acceptors (Lipinski definition) is 4. The second kappa shape index (κ2) is 8.52. The van der Waals surface area contributed by atoms with Gasteiger partial charge < -0.3 is 9.30 Å². The predicted molar refractivity (Wildman–Crippen MR) is 128 cm³/mol. The van der Waals surface area contributed by atoms with E-state index in [4.69, 9.17) is 16.7 Å². The molecule has 0 saturated carbocycles. The maximum Gasteiger partial charge on any atom is 0.272 e. The molecule has 1 amide bonds. The second-order valence-electron chi connectivity index (χ2n) is 8.46. The maximum absolute atomic E-state index is 13.2. The van der Waals surface area contributed by atoms with Gasteiger partial charge in [0.25, 0.3) is 5.91 Å². The molecule has 0 bridgehead atoms. The van der Waals surface area contributed by atoms with E-state index < -0.39 is 0 Å². The molecule has 3 aliphatic rings. The Kier molecular flexibility index (Phi) is 5.57.